The van der Waals surface area contributed by atoms with E-state index in [4.69, 9.17) is 0 Å². The van der Waals surface area contributed by atoms with E-state index in [9.17, 15) is 0 Å². The van der Waals surface area contributed by atoms with Crippen LogP contribution in [0.4, 0.5) is 0 Å². The molecule has 0 spiro atoms. The molecule has 1 aromatic carbocycles. The van der Waals surface area contributed by atoms with Crippen molar-refractivity contribution in [2.24, 2.45) is 0 Å². The fourth-order valence-electron chi connectivity index (χ4n) is 2.33. The molecule has 1 aromatic rings. The molecule has 0 amide bonds. The Morgan fingerprint density at radius 1 is 1.06 bits per heavy atom. The molecule has 0 heterocycles. The van der Waals surface area contributed by atoms with Crippen molar-refractivity contribution in [3.8, 4) is 0 Å². The molecule has 0 aromatic heterocycles. The van der Waals surface area contributed by atoms with E-state index in [-0.39, 0.29) is 0 Å². The fourth-order valence-corrected chi connectivity index (χ4v) is 4.42. The van der Waals surface area contributed by atoms with Gasteiger partial charge in [-0.2, -0.15) is 0 Å². The van der Waals surface area contributed by atoms with Gasteiger partial charge in [-0.25, -0.2) is 0 Å². The first-order chi connectivity index (χ1) is 7.38. The minimum atomic E-state index is -1.20. The molecule has 0 aliphatic carbocycles. The van der Waals surface area contributed by atoms with Crippen molar-refractivity contribution < 1.29 is 0 Å². The minimum absolute atomic E-state index is 0.638. The Balaban J connectivity index is 3.32. The van der Waals surface area contributed by atoms with Gasteiger partial charge in [0.15, 0.2) is 0 Å². The van der Waals surface area contributed by atoms with Crippen LogP contribution in [0.2, 0.25) is 19.6 Å². The van der Waals surface area contributed by atoms with Gasteiger partial charge >= 0.3 is 0 Å². The summed E-state index contributed by atoms with van der Waals surface area (Å²) >= 11 is 0. The zero-order valence-electron chi connectivity index (χ0n) is 11.5. The number of allylic oxidation sites excluding steroid dienone is 2. The normalized spacial score (nSPS) is 14.4. The van der Waals surface area contributed by atoms with Crippen LogP contribution in [-0.4, -0.2) is 8.07 Å². The lowest BCUT2D eigenvalue weighted by Gasteiger charge is -2.29. The number of hydrogen-bond donors (Lipinski definition) is 0. The summed E-state index contributed by atoms with van der Waals surface area (Å²) in [5.41, 5.74) is 5.06. The summed E-state index contributed by atoms with van der Waals surface area (Å²) in [6.07, 6.45) is 4.59. The smallest absolute Gasteiger partial charge is 0.0565 e. The maximum atomic E-state index is 2.45. The molecule has 0 fully saturated rings. The molecule has 0 nitrogen and oxygen atoms in total. The maximum absolute atomic E-state index is 2.45. The Bertz CT molecular complexity index is 363. The molecule has 1 unspecified atom stereocenters. The molecular weight excluding hydrogens is 208 g/mol. The lowest BCUT2D eigenvalue weighted by Crippen LogP contribution is -2.30. The van der Waals surface area contributed by atoms with E-state index in [1.54, 1.807) is 5.56 Å². The van der Waals surface area contributed by atoms with E-state index in [0.717, 1.165) is 0 Å². The first-order valence-corrected chi connectivity index (χ1v) is 9.64. The lowest BCUT2D eigenvalue weighted by molar-refractivity contribution is 1.07. The monoisotopic (exact) mass is 232 g/mol. The van der Waals surface area contributed by atoms with Crippen LogP contribution >= 0.6 is 0 Å². The highest BCUT2D eigenvalue weighted by molar-refractivity contribution is 6.78. The largest absolute Gasteiger partial charge is 0.0913 e. The minimum Gasteiger partial charge on any atom is -0.0913 e. The second kappa shape index (κ2) is 5.01. The molecule has 0 aliphatic heterocycles. The third-order valence-corrected chi connectivity index (χ3v) is 5.52. The average molecular weight is 232 g/mol. The first kappa shape index (κ1) is 13.2. The van der Waals surface area contributed by atoms with Crippen LogP contribution in [-0.2, 0) is 0 Å². The number of benzene rings is 1. The second-order valence-electron chi connectivity index (χ2n) is 5.67. The lowest BCUT2D eigenvalue weighted by atomic mass is 9.99. The van der Waals surface area contributed by atoms with E-state index in [1.807, 2.05) is 0 Å². The molecule has 1 heteroatoms. The van der Waals surface area contributed by atoms with E-state index < -0.39 is 8.07 Å². The molecule has 0 saturated carbocycles. The first-order valence-electron chi connectivity index (χ1n) is 6.07. The summed E-state index contributed by atoms with van der Waals surface area (Å²) in [6, 6.07) is 6.63. The Morgan fingerprint density at radius 3 is 1.94 bits per heavy atom. The highest BCUT2D eigenvalue weighted by Crippen LogP contribution is 2.32. The zero-order valence-corrected chi connectivity index (χ0v) is 12.5. The quantitative estimate of drug-likeness (QED) is 0.517. The van der Waals surface area contributed by atoms with Crippen LogP contribution in [0.3, 0.4) is 0 Å². The Labute approximate surface area is 101 Å². The molecule has 0 saturated heterocycles. The van der Waals surface area contributed by atoms with E-state index in [2.05, 4.69) is 70.8 Å². The number of hydrogen-bond acceptors (Lipinski definition) is 0. The highest BCUT2D eigenvalue weighted by atomic mass is 28.3. The van der Waals surface area contributed by atoms with Gasteiger partial charge in [0.2, 0.25) is 0 Å². The standard InChI is InChI=1S/C15H24Si/c1-7-9-14(16(4,5)6)15-12(2)10-8-11-13(15)3/h7-11,14H,1-6H3/b9-7+. The average Bonchev–Trinajstić information content (AvgIpc) is 2.14. The predicted molar refractivity (Wildman–Crippen MR) is 76.8 cm³/mol. The van der Waals surface area contributed by atoms with Crippen LogP contribution < -0.4 is 0 Å². The summed E-state index contributed by atoms with van der Waals surface area (Å²) in [4.78, 5) is 0. The summed E-state index contributed by atoms with van der Waals surface area (Å²) in [6.45, 7) is 13.9. The molecule has 0 N–H and O–H groups in total. The summed E-state index contributed by atoms with van der Waals surface area (Å²) in [5, 5.41) is 0. The molecule has 16 heavy (non-hydrogen) atoms. The van der Waals surface area contributed by atoms with Crippen molar-refractivity contribution in [3.05, 3.63) is 47.0 Å². The van der Waals surface area contributed by atoms with Crippen LogP contribution in [0.25, 0.3) is 0 Å². The Kier molecular flexibility index (Phi) is 4.14. The Hall–Kier alpha value is -0.823. The summed E-state index contributed by atoms with van der Waals surface area (Å²) < 4.78 is 0. The van der Waals surface area contributed by atoms with Crippen molar-refractivity contribution >= 4 is 8.07 Å². The topological polar surface area (TPSA) is 0 Å². The Morgan fingerprint density at radius 2 is 1.56 bits per heavy atom. The van der Waals surface area contributed by atoms with Gasteiger partial charge in [0, 0.05) is 0 Å². The number of rotatable bonds is 3. The van der Waals surface area contributed by atoms with Crippen molar-refractivity contribution in [2.45, 2.75) is 46.0 Å². The maximum Gasteiger partial charge on any atom is 0.0565 e. The zero-order chi connectivity index (χ0) is 12.3. The summed E-state index contributed by atoms with van der Waals surface area (Å²) in [5.74, 6) is 0. The number of aryl methyl sites for hydroxylation is 2. The second-order valence-corrected chi connectivity index (χ2v) is 11.0. The van der Waals surface area contributed by atoms with Gasteiger partial charge in [0.1, 0.15) is 0 Å². The van der Waals surface area contributed by atoms with Crippen LogP contribution in [0.5, 0.6) is 0 Å². The van der Waals surface area contributed by atoms with Gasteiger partial charge in [-0.05, 0) is 43.0 Å². The fraction of sp³-hybridized carbons (Fsp3) is 0.467. The van der Waals surface area contributed by atoms with Crippen molar-refractivity contribution in [3.63, 3.8) is 0 Å². The molecule has 88 valence electrons. The van der Waals surface area contributed by atoms with Crippen molar-refractivity contribution in [1.29, 1.82) is 0 Å². The summed E-state index contributed by atoms with van der Waals surface area (Å²) in [7, 11) is -1.20. The van der Waals surface area contributed by atoms with Crippen LogP contribution in [0.1, 0.15) is 29.2 Å². The predicted octanol–water partition coefficient (Wildman–Crippen LogP) is 4.84. The third-order valence-electron chi connectivity index (χ3n) is 3.17. The SMILES string of the molecule is C/C=C/C(c1c(C)cccc1C)[Si](C)(C)C. The van der Waals surface area contributed by atoms with Gasteiger partial charge in [-0.15, -0.1) is 0 Å². The van der Waals surface area contributed by atoms with Gasteiger partial charge < -0.3 is 0 Å². The van der Waals surface area contributed by atoms with E-state index in [0.29, 0.717) is 5.54 Å². The highest BCUT2D eigenvalue weighted by Gasteiger charge is 2.27. The van der Waals surface area contributed by atoms with Gasteiger partial charge in [0.25, 0.3) is 0 Å². The molecular formula is C15H24Si. The van der Waals surface area contributed by atoms with Gasteiger partial charge in [-0.1, -0.05) is 50.0 Å². The van der Waals surface area contributed by atoms with E-state index >= 15 is 0 Å². The molecule has 0 radical (unpaired) electrons. The van der Waals surface area contributed by atoms with Crippen LogP contribution in [0.15, 0.2) is 30.4 Å². The molecule has 0 aliphatic rings. The van der Waals surface area contributed by atoms with E-state index in [1.165, 1.54) is 11.1 Å². The molecule has 1 atom stereocenters. The van der Waals surface area contributed by atoms with Gasteiger partial charge in [0.05, 0.1) is 8.07 Å². The van der Waals surface area contributed by atoms with Crippen LogP contribution in [0, 0.1) is 13.8 Å². The van der Waals surface area contributed by atoms with Crippen molar-refractivity contribution in [2.75, 3.05) is 0 Å². The third kappa shape index (κ3) is 2.85. The molecule has 1 rings (SSSR count). The van der Waals surface area contributed by atoms with Crippen molar-refractivity contribution in [1.82, 2.24) is 0 Å². The molecule has 0 bridgehead atoms. The van der Waals surface area contributed by atoms with Gasteiger partial charge in [-0.3, -0.25) is 0 Å².